The molecule has 0 bridgehead atoms. The van der Waals surface area contributed by atoms with Crippen molar-refractivity contribution in [2.75, 3.05) is 38.6 Å². The number of nitrogens with one attached hydrogen (secondary N) is 2. The van der Waals surface area contributed by atoms with Gasteiger partial charge in [-0.05, 0) is 58.0 Å². The molecule has 25 heavy (non-hydrogen) atoms. The van der Waals surface area contributed by atoms with Gasteiger partial charge in [0.05, 0.1) is 17.4 Å². The Balaban J connectivity index is 1.59. The van der Waals surface area contributed by atoms with E-state index in [0.29, 0.717) is 17.8 Å². The first-order valence-corrected chi connectivity index (χ1v) is 9.11. The summed E-state index contributed by atoms with van der Waals surface area (Å²) in [6.45, 7) is 3.14. The Hall–Kier alpha value is -1.92. The summed E-state index contributed by atoms with van der Waals surface area (Å²) in [4.78, 5) is 27.3. The van der Waals surface area contributed by atoms with Crippen LogP contribution < -0.4 is 10.6 Å². The summed E-state index contributed by atoms with van der Waals surface area (Å²) in [5, 5.41) is 5.87. The number of benzene rings is 1. The molecule has 0 saturated carbocycles. The maximum absolute atomic E-state index is 12.5. The van der Waals surface area contributed by atoms with Crippen molar-refractivity contribution in [3.63, 3.8) is 0 Å². The summed E-state index contributed by atoms with van der Waals surface area (Å²) in [7, 11) is 2.07. The Morgan fingerprint density at radius 1 is 1.20 bits per heavy atom. The van der Waals surface area contributed by atoms with Crippen LogP contribution in [0.25, 0.3) is 0 Å². The maximum Gasteiger partial charge on any atom is 0.253 e. The van der Waals surface area contributed by atoms with Crippen molar-refractivity contribution in [1.82, 2.24) is 10.2 Å². The van der Waals surface area contributed by atoms with Gasteiger partial charge in [-0.2, -0.15) is 0 Å². The van der Waals surface area contributed by atoms with E-state index in [1.54, 1.807) is 12.1 Å². The minimum Gasteiger partial charge on any atom is -0.376 e. The lowest BCUT2D eigenvalue weighted by molar-refractivity contribution is -0.121. The molecule has 3 rings (SSSR count). The molecule has 0 unspecified atom stereocenters. The van der Waals surface area contributed by atoms with Gasteiger partial charge < -0.3 is 20.3 Å². The van der Waals surface area contributed by atoms with Crippen LogP contribution in [-0.4, -0.2) is 56.1 Å². The zero-order valence-corrected chi connectivity index (χ0v) is 14.8. The van der Waals surface area contributed by atoms with Crippen LogP contribution in [0.4, 0.5) is 5.69 Å². The van der Waals surface area contributed by atoms with Crippen LogP contribution >= 0.6 is 0 Å². The predicted molar refractivity (Wildman–Crippen MR) is 96.6 cm³/mol. The molecular formula is C19H27N3O3. The Kier molecular flexibility index (Phi) is 6.04. The van der Waals surface area contributed by atoms with Crippen molar-refractivity contribution < 1.29 is 14.3 Å². The third-order valence-corrected chi connectivity index (χ3v) is 5.03. The Bertz CT molecular complexity index is 606. The number of ether oxygens (including phenoxy) is 1. The molecule has 2 amide bonds. The highest BCUT2D eigenvalue weighted by atomic mass is 16.5. The summed E-state index contributed by atoms with van der Waals surface area (Å²) in [6, 6.07) is 7.18. The smallest absolute Gasteiger partial charge is 0.253 e. The predicted octanol–water partition coefficient (Wildman–Crippen LogP) is 1.88. The van der Waals surface area contributed by atoms with Gasteiger partial charge in [0.1, 0.15) is 0 Å². The number of para-hydroxylation sites is 1. The maximum atomic E-state index is 12.5. The van der Waals surface area contributed by atoms with Gasteiger partial charge in [-0.25, -0.2) is 0 Å². The fraction of sp³-hybridized carbons (Fsp3) is 0.579. The van der Waals surface area contributed by atoms with Crippen LogP contribution in [0, 0.1) is 5.92 Å². The summed E-state index contributed by atoms with van der Waals surface area (Å²) in [5.74, 6) is -0.151. The molecule has 0 radical (unpaired) electrons. The number of nitrogens with zero attached hydrogens (tertiary/aromatic N) is 1. The summed E-state index contributed by atoms with van der Waals surface area (Å²) < 4.78 is 5.53. The van der Waals surface area contributed by atoms with Crippen LogP contribution in [0.2, 0.25) is 0 Å². The number of amides is 2. The zero-order chi connectivity index (χ0) is 17.6. The average Bonchev–Trinajstić information content (AvgIpc) is 3.14. The lowest BCUT2D eigenvalue weighted by atomic mass is 9.96. The highest BCUT2D eigenvalue weighted by molar-refractivity contribution is 6.04. The monoisotopic (exact) mass is 345 g/mol. The zero-order valence-electron chi connectivity index (χ0n) is 14.8. The number of hydrogen-bond acceptors (Lipinski definition) is 4. The highest BCUT2D eigenvalue weighted by Crippen LogP contribution is 2.21. The number of carbonyl (C=O) groups is 2. The van der Waals surface area contributed by atoms with Crippen molar-refractivity contribution >= 4 is 17.5 Å². The van der Waals surface area contributed by atoms with Crippen LogP contribution in [0.15, 0.2) is 24.3 Å². The fourth-order valence-corrected chi connectivity index (χ4v) is 3.40. The number of piperidine rings is 1. The van der Waals surface area contributed by atoms with Crippen molar-refractivity contribution in [3.05, 3.63) is 29.8 Å². The van der Waals surface area contributed by atoms with E-state index in [4.69, 9.17) is 4.74 Å². The van der Waals surface area contributed by atoms with Gasteiger partial charge in [0.25, 0.3) is 5.91 Å². The lowest BCUT2D eigenvalue weighted by Gasteiger charge is -2.28. The number of hydrogen-bond donors (Lipinski definition) is 2. The van der Waals surface area contributed by atoms with E-state index in [9.17, 15) is 9.59 Å². The minimum absolute atomic E-state index is 0.00692. The van der Waals surface area contributed by atoms with Gasteiger partial charge in [-0.1, -0.05) is 12.1 Å². The second-order valence-corrected chi connectivity index (χ2v) is 6.96. The van der Waals surface area contributed by atoms with E-state index < -0.39 is 0 Å². The first-order valence-electron chi connectivity index (χ1n) is 9.11. The second kappa shape index (κ2) is 8.45. The van der Waals surface area contributed by atoms with Gasteiger partial charge in [-0.3, -0.25) is 9.59 Å². The van der Waals surface area contributed by atoms with Crippen LogP contribution in [0.3, 0.4) is 0 Å². The summed E-state index contributed by atoms with van der Waals surface area (Å²) in [6.07, 6.45) is 3.84. The molecule has 1 aromatic carbocycles. The van der Waals surface area contributed by atoms with E-state index in [1.807, 2.05) is 12.1 Å². The first kappa shape index (κ1) is 17.9. The summed E-state index contributed by atoms with van der Waals surface area (Å²) >= 11 is 0. The average molecular weight is 345 g/mol. The molecule has 1 aromatic rings. The van der Waals surface area contributed by atoms with Crippen LogP contribution in [0.1, 0.15) is 36.0 Å². The molecule has 0 aliphatic carbocycles. The van der Waals surface area contributed by atoms with E-state index in [2.05, 4.69) is 22.6 Å². The standard InChI is InChI=1S/C19H27N3O3/c1-22-10-8-14(9-11-22)18(23)21-17-7-3-2-6-16(17)19(24)20-13-15-5-4-12-25-15/h2-3,6-7,14-15H,4-5,8-13H2,1H3,(H,20,24)(H,21,23)/t15-/m0/s1. The minimum atomic E-state index is -0.172. The van der Waals surface area contributed by atoms with Gasteiger partial charge in [0, 0.05) is 19.1 Å². The third kappa shape index (κ3) is 4.80. The molecule has 6 nitrogen and oxygen atoms in total. The molecule has 1 atom stereocenters. The molecule has 0 aromatic heterocycles. The number of anilines is 1. The third-order valence-electron chi connectivity index (χ3n) is 5.03. The fourth-order valence-electron chi connectivity index (χ4n) is 3.40. The van der Waals surface area contributed by atoms with Gasteiger partial charge in [0.2, 0.25) is 5.91 Å². The molecule has 2 aliphatic heterocycles. The van der Waals surface area contributed by atoms with Gasteiger partial charge in [-0.15, -0.1) is 0 Å². The summed E-state index contributed by atoms with van der Waals surface area (Å²) in [5.41, 5.74) is 1.08. The van der Waals surface area contributed by atoms with E-state index >= 15 is 0 Å². The van der Waals surface area contributed by atoms with E-state index in [0.717, 1.165) is 45.4 Å². The number of carbonyl (C=O) groups excluding carboxylic acids is 2. The SMILES string of the molecule is CN1CCC(C(=O)Nc2ccccc2C(=O)NC[C@@H]2CCCO2)CC1. The molecule has 2 fully saturated rings. The molecule has 2 aliphatic rings. The van der Waals surface area contributed by atoms with Crippen LogP contribution in [0.5, 0.6) is 0 Å². The molecule has 2 heterocycles. The molecule has 0 spiro atoms. The highest BCUT2D eigenvalue weighted by Gasteiger charge is 2.24. The quantitative estimate of drug-likeness (QED) is 0.855. The topological polar surface area (TPSA) is 70.7 Å². The van der Waals surface area contributed by atoms with Crippen LogP contribution in [-0.2, 0) is 9.53 Å². The lowest BCUT2D eigenvalue weighted by Crippen LogP contribution is -2.36. The normalized spacial score (nSPS) is 21.9. The Morgan fingerprint density at radius 3 is 2.68 bits per heavy atom. The molecule has 2 saturated heterocycles. The van der Waals surface area contributed by atoms with Gasteiger partial charge >= 0.3 is 0 Å². The van der Waals surface area contributed by atoms with E-state index in [-0.39, 0.29) is 23.8 Å². The van der Waals surface area contributed by atoms with Crippen molar-refractivity contribution in [1.29, 1.82) is 0 Å². The molecule has 136 valence electrons. The number of rotatable bonds is 5. The van der Waals surface area contributed by atoms with Crippen molar-refractivity contribution in [3.8, 4) is 0 Å². The molecule has 6 heteroatoms. The van der Waals surface area contributed by atoms with Crippen molar-refractivity contribution in [2.24, 2.45) is 5.92 Å². The van der Waals surface area contributed by atoms with Crippen molar-refractivity contribution in [2.45, 2.75) is 31.8 Å². The molecular weight excluding hydrogens is 318 g/mol. The van der Waals surface area contributed by atoms with Gasteiger partial charge in [0.15, 0.2) is 0 Å². The second-order valence-electron chi connectivity index (χ2n) is 6.96. The largest absolute Gasteiger partial charge is 0.376 e. The van der Waals surface area contributed by atoms with E-state index in [1.165, 1.54) is 0 Å². The Labute approximate surface area is 148 Å². The number of likely N-dealkylation sites (tertiary alicyclic amines) is 1. The first-order chi connectivity index (χ1) is 12.1. The Morgan fingerprint density at radius 2 is 1.96 bits per heavy atom. The molecule has 2 N–H and O–H groups in total.